The number of rotatable bonds is 1. The molecule has 2 rings (SSSR count). The Morgan fingerprint density at radius 3 is 2.35 bits per heavy atom. The van der Waals surface area contributed by atoms with Crippen LogP contribution in [-0.4, -0.2) is 4.98 Å². The van der Waals surface area contributed by atoms with Gasteiger partial charge in [0.25, 0.3) is 0 Å². The van der Waals surface area contributed by atoms with E-state index < -0.39 is 17.5 Å². The van der Waals surface area contributed by atoms with Gasteiger partial charge < -0.3 is 5.73 Å². The molecule has 0 amide bonds. The third-order valence-corrected chi connectivity index (χ3v) is 2.63. The van der Waals surface area contributed by atoms with Gasteiger partial charge in [0.05, 0.1) is 0 Å². The second-order valence-electron chi connectivity index (χ2n) is 4.17. The molecule has 0 saturated carbocycles. The maximum Gasteiger partial charge on any atom is 0.168 e. The molecule has 17 heavy (non-hydrogen) atoms. The Labute approximate surface area is 96.3 Å². The van der Waals surface area contributed by atoms with Crippen LogP contribution in [0.2, 0.25) is 0 Å². The maximum absolute atomic E-state index is 13.5. The van der Waals surface area contributed by atoms with Crippen LogP contribution >= 0.6 is 0 Å². The van der Waals surface area contributed by atoms with Crippen LogP contribution in [0.15, 0.2) is 12.1 Å². The first-order valence-electron chi connectivity index (χ1n) is 5.15. The Hall–Kier alpha value is -1.78. The molecule has 0 atom stereocenters. The lowest BCUT2D eigenvalue weighted by Crippen LogP contribution is -2.03. The fraction of sp³-hybridized carbons (Fsp3) is 0.250. The highest BCUT2D eigenvalue weighted by molar-refractivity contribution is 5.83. The van der Waals surface area contributed by atoms with E-state index in [0.29, 0.717) is 11.6 Å². The molecule has 1 heterocycles. The summed E-state index contributed by atoms with van der Waals surface area (Å²) in [6, 6.07) is 1.82. The van der Waals surface area contributed by atoms with Crippen molar-refractivity contribution in [2.75, 3.05) is 5.73 Å². The molecule has 5 heteroatoms. The molecule has 0 spiro atoms. The summed E-state index contributed by atoms with van der Waals surface area (Å²) in [5, 5.41) is -0.180. The van der Waals surface area contributed by atoms with Crippen LogP contribution in [0.1, 0.15) is 25.3 Å². The Balaban J connectivity index is 2.88. The lowest BCUT2D eigenvalue weighted by atomic mass is 10.0. The first kappa shape index (κ1) is 11.7. The van der Waals surface area contributed by atoms with Crippen LogP contribution in [0.25, 0.3) is 10.9 Å². The van der Waals surface area contributed by atoms with Gasteiger partial charge in [0.2, 0.25) is 0 Å². The third-order valence-electron chi connectivity index (χ3n) is 2.63. The topological polar surface area (TPSA) is 38.9 Å². The Morgan fingerprint density at radius 2 is 1.76 bits per heavy atom. The Bertz CT molecular complexity index is 594. The van der Waals surface area contributed by atoms with Crippen molar-refractivity contribution in [3.63, 3.8) is 0 Å². The zero-order valence-electron chi connectivity index (χ0n) is 9.39. The Kier molecular flexibility index (Phi) is 2.69. The highest BCUT2D eigenvalue weighted by Gasteiger charge is 2.16. The van der Waals surface area contributed by atoms with E-state index in [-0.39, 0.29) is 22.6 Å². The average Bonchev–Trinajstić information content (AvgIpc) is 2.25. The van der Waals surface area contributed by atoms with E-state index in [1.54, 1.807) is 0 Å². The molecule has 0 bridgehead atoms. The SMILES string of the molecule is CC(C)c1cc2c(F)c(F)cc(F)c2nc1N. The van der Waals surface area contributed by atoms with Crippen LogP contribution in [0.4, 0.5) is 19.0 Å². The van der Waals surface area contributed by atoms with E-state index in [0.717, 1.165) is 0 Å². The Morgan fingerprint density at radius 1 is 1.12 bits per heavy atom. The quantitative estimate of drug-likeness (QED) is 0.776. The van der Waals surface area contributed by atoms with Crippen molar-refractivity contribution >= 4 is 16.7 Å². The number of anilines is 1. The van der Waals surface area contributed by atoms with Crippen molar-refractivity contribution in [3.8, 4) is 0 Å². The fourth-order valence-corrected chi connectivity index (χ4v) is 1.73. The van der Waals surface area contributed by atoms with E-state index in [2.05, 4.69) is 4.98 Å². The summed E-state index contributed by atoms with van der Waals surface area (Å²) in [7, 11) is 0. The molecular formula is C12H11F3N2. The van der Waals surface area contributed by atoms with Gasteiger partial charge in [-0.25, -0.2) is 18.2 Å². The van der Waals surface area contributed by atoms with Gasteiger partial charge in [-0.3, -0.25) is 0 Å². The van der Waals surface area contributed by atoms with E-state index >= 15 is 0 Å². The number of fused-ring (bicyclic) bond motifs is 1. The minimum Gasteiger partial charge on any atom is -0.383 e. The predicted octanol–water partition coefficient (Wildman–Crippen LogP) is 3.36. The summed E-state index contributed by atoms with van der Waals surface area (Å²) in [5.74, 6) is -3.11. The largest absolute Gasteiger partial charge is 0.383 e. The molecule has 0 unspecified atom stereocenters. The van der Waals surface area contributed by atoms with Crippen molar-refractivity contribution in [2.45, 2.75) is 19.8 Å². The van der Waals surface area contributed by atoms with Crippen LogP contribution in [0.3, 0.4) is 0 Å². The summed E-state index contributed by atoms with van der Waals surface area (Å²) in [4.78, 5) is 3.79. The molecular weight excluding hydrogens is 229 g/mol. The van der Waals surface area contributed by atoms with E-state index in [9.17, 15) is 13.2 Å². The number of hydrogen-bond acceptors (Lipinski definition) is 2. The molecule has 90 valence electrons. The standard InChI is InChI=1S/C12H11F3N2/c1-5(2)6-3-7-10(15)8(13)4-9(14)11(7)17-12(6)16/h3-5H,1-2H3,(H2,16,17). The molecule has 0 aliphatic carbocycles. The fourth-order valence-electron chi connectivity index (χ4n) is 1.73. The van der Waals surface area contributed by atoms with Crippen molar-refractivity contribution in [1.29, 1.82) is 0 Å². The summed E-state index contributed by atoms with van der Waals surface area (Å²) in [6.07, 6.45) is 0. The van der Waals surface area contributed by atoms with Crippen LogP contribution in [-0.2, 0) is 0 Å². The molecule has 1 aromatic heterocycles. The van der Waals surface area contributed by atoms with E-state index in [1.807, 2.05) is 13.8 Å². The van der Waals surface area contributed by atoms with Gasteiger partial charge in [0, 0.05) is 11.5 Å². The summed E-state index contributed by atoms with van der Waals surface area (Å²) < 4.78 is 40.0. The van der Waals surface area contributed by atoms with Gasteiger partial charge >= 0.3 is 0 Å². The third kappa shape index (κ3) is 1.81. The molecule has 0 fully saturated rings. The van der Waals surface area contributed by atoms with Crippen LogP contribution in [0, 0.1) is 17.5 Å². The van der Waals surface area contributed by atoms with Crippen molar-refractivity contribution in [1.82, 2.24) is 4.98 Å². The molecule has 0 aliphatic heterocycles. The number of halogens is 3. The molecule has 0 radical (unpaired) electrons. The van der Waals surface area contributed by atoms with Gasteiger partial charge in [0.1, 0.15) is 11.3 Å². The number of benzene rings is 1. The second-order valence-corrected chi connectivity index (χ2v) is 4.17. The molecule has 0 aliphatic rings. The number of pyridine rings is 1. The van der Waals surface area contributed by atoms with Crippen molar-refractivity contribution in [3.05, 3.63) is 35.1 Å². The zero-order valence-corrected chi connectivity index (χ0v) is 9.39. The second kappa shape index (κ2) is 3.91. The first-order valence-corrected chi connectivity index (χ1v) is 5.15. The first-order chi connectivity index (χ1) is 7.91. The van der Waals surface area contributed by atoms with Gasteiger partial charge in [-0.2, -0.15) is 0 Å². The molecule has 2 nitrogen and oxygen atoms in total. The predicted molar refractivity (Wildman–Crippen MR) is 60.1 cm³/mol. The molecule has 0 saturated heterocycles. The van der Waals surface area contributed by atoms with E-state index in [1.165, 1.54) is 6.07 Å². The number of nitrogens with zero attached hydrogens (tertiary/aromatic N) is 1. The van der Waals surface area contributed by atoms with Gasteiger partial charge in [-0.1, -0.05) is 13.8 Å². The van der Waals surface area contributed by atoms with Gasteiger partial charge in [0.15, 0.2) is 17.5 Å². The lowest BCUT2D eigenvalue weighted by Gasteiger charge is -2.11. The normalized spacial score (nSPS) is 11.4. The zero-order chi connectivity index (χ0) is 12.7. The summed E-state index contributed by atoms with van der Waals surface area (Å²) >= 11 is 0. The summed E-state index contributed by atoms with van der Waals surface area (Å²) in [6.45, 7) is 3.68. The van der Waals surface area contributed by atoms with Crippen molar-refractivity contribution in [2.24, 2.45) is 0 Å². The smallest absolute Gasteiger partial charge is 0.168 e. The number of aromatic nitrogens is 1. The van der Waals surface area contributed by atoms with Crippen LogP contribution in [0.5, 0.6) is 0 Å². The van der Waals surface area contributed by atoms with Gasteiger partial charge in [-0.15, -0.1) is 0 Å². The number of nitrogen functional groups attached to an aromatic ring is 1. The molecule has 2 N–H and O–H groups in total. The van der Waals surface area contributed by atoms with Crippen molar-refractivity contribution < 1.29 is 13.2 Å². The average molecular weight is 240 g/mol. The summed E-state index contributed by atoms with van der Waals surface area (Å²) in [5.41, 5.74) is 5.98. The maximum atomic E-state index is 13.5. The minimum atomic E-state index is -1.23. The highest BCUT2D eigenvalue weighted by atomic mass is 19.2. The molecule has 2 aromatic rings. The van der Waals surface area contributed by atoms with Gasteiger partial charge in [-0.05, 0) is 17.5 Å². The van der Waals surface area contributed by atoms with E-state index in [4.69, 9.17) is 5.73 Å². The van der Waals surface area contributed by atoms with Crippen LogP contribution < -0.4 is 5.73 Å². The monoisotopic (exact) mass is 240 g/mol. The number of hydrogen-bond donors (Lipinski definition) is 1. The number of nitrogens with two attached hydrogens (primary N) is 1. The highest BCUT2D eigenvalue weighted by Crippen LogP contribution is 2.28. The lowest BCUT2D eigenvalue weighted by molar-refractivity contribution is 0.505. The minimum absolute atomic E-state index is 0.00220. The molecule has 1 aromatic carbocycles.